The molecule has 0 unspecified atom stereocenters. The Morgan fingerprint density at radius 3 is 2.60 bits per heavy atom. The minimum absolute atomic E-state index is 0.561. The molecule has 0 spiro atoms. The molecule has 0 saturated heterocycles. The molecule has 0 radical (unpaired) electrons. The van der Waals surface area contributed by atoms with Crippen molar-refractivity contribution in [2.75, 3.05) is 19.8 Å². The van der Waals surface area contributed by atoms with E-state index in [0.29, 0.717) is 25.7 Å². The first-order valence-corrected chi connectivity index (χ1v) is 7.18. The first kappa shape index (κ1) is 13.2. The summed E-state index contributed by atoms with van der Waals surface area (Å²) in [5, 5.41) is 0. The van der Waals surface area contributed by atoms with Crippen molar-refractivity contribution >= 4 is 11.0 Å². The molecule has 1 aromatic carbocycles. The molecule has 2 aromatic rings. The Hall–Kier alpha value is -1.75. The first-order valence-electron chi connectivity index (χ1n) is 7.18. The summed E-state index contributed by atoms with van der Waals surface area (Å²) in [4.78, 5) is 4.75. The molecular weight excluding hydrogens is 254 g/mol. The number of aromatic nitrogens is 2. The molecule has 5 heteroatoms. The summed E-state index contributed by atoms with van der Waals surface area (Å²) in [6.45, 7) is 6.97. The molecule has 5 nitrogen and oxygen atoms in total. The van der Waals surface area contributed by atoms with E-state index in [9.17, 15) is 0 Å². The van der Waals surface area contributed by atoms with Crippen molar-refractivity contribution in [3.63, 3.8) is 0 Å². The van der Waals surface area contributed by atoms with E-state index in [1.54, 1.807) is 0 Å². The molecule has 0 fully saturated rings. The molecule has 0 bridgehead atoms. The van der Waals surface area contributed by atoms with Crippen LogP contribution in [-0.2, 0) is 13.0 Å². The number of imidazole rings is 1. The molecule has 2 heterocycles. The molecule has 0 amide bonds. The van der Waals surface area contributed by atoms with Crippen LogP contribution in [0.3, 0.4) is 0 Å². The van der Waals surface area contributed by atoms with E-state index in [1.807, 2.05) is 12.1 Å². The maximum atomic E-state index is 5.74. The summed E-state index contributed by atoms with van der Waals surface area (Å²) in [5.41, 5.74) is 7.78. The molecule has 0 saturated carbocycles. The smallest absolute Gasteiger partial charge is 0.163 e. The van der Waals surface area contributed by atoms with Crippen LogP contribution >= 0.6 is 0 Å². The Labute approximate surface area is 118 Å². The highest BCUT2D eigenvalue weighted by Gasteiger charge is 2.18. The Balaban J connectivity index is 2.12. The van der Waals surface area contributed by atoms with Crippen molar-refractivity contribution in [2.24, 2.45) is 11.7 Å². The molecule has 108 valence electrons. The number of hydrogen-bond donors (Lipinski definition) is 1. The molecule has 1 aromatic heterocycles. The summed E-state index contributed by atoms with van der Waals surface area (Å²) in [5.74, 6) is 3.24. The van der Waals surface area contributed by atoms with Crippen molar-refractivity contribution in [1.29, 1.82) is 0 Å². The number of benzene rings is 1. The average molecular weight is 275 g/mol. The van der Waals surface area contributed by atoms with Crippen molar-refractivity contribution < 1.29 is 9.47 Å². The fourth-order valence-corrected chi connectivity index (χ4v) is 2.61. The molecule has 2 N–H and O–H groups in total. The van der Waals surface area contributed by atoms with Gasteiger partial charge in [0, 0.05) is 31.6 Å². The van der Waals surface area contributed by atoms with Crippen LogP contribution in [0.1, 0.15) is 19.7 Å². The fraction of sp³-hybridized carbons (Fsp3) is 0.533. The highest BCUT2D eigenvalue weighted by Crippen LogP contribution is 2.35. The van der Waals surface area contributed by atoms with Gasteiger partial charge in [-0.05, 0) is 5.92 Å². The Kier molecular flexibility index (Phi) is 3.53. The second kappa shape index (κ2) is 5.32. The maximum absolute atomic E-state index is 5.74. The van der Waals surface area contributed by atoms with E-state index >= 15 is 0 Å². The maximum Gasteiger partial charge on any atom is 0.163 e. The Morgan fingerprint density at radius 2 is 1.95 bits per heavy atom. The van der Waals surface area contributed by atoms with E-state index < -0.39 is 0 Å². The number of fused-ring (bicyclic) bond motifs is 2. The molecule has 3 rings (SSSR count). The third-order valence-electron chi connectivity index (χ3n) is 3.43. The molecule has 0 aliphatic carbocycles. The highest BCUT2D eigenvalue weighted by atomic mass is 16.6. The summed E-state index contributed by atoms with van der Waals surface area (Å²) in [6, 6.07) is 4.00. The molecule has 1 aliphatic heterocycles. The van der Waals surface area contributed by atoms with Gasteiger partial charge in [-0.3, -0.25) is 0 Å². The molecule has 1 aliphatic rings. The lowest BCUT2D eigenvalue weighted by atomic mass is 10.1. The second-order valence-electron chi connectivity index (χ2n) is 5.55. The third-order valence-corrected chi connectivity index (χ3v) is 3.43. The quantitative estimate of drug-likeness (QED) is 0.926. The van der Waals surface area contributed by atoms with Crippen LogP contribution in [0.15, 0.2) is 12.1 Å². The van der Waals surface area contributed by atoms with Gasteiger partial charge >= 0.3 is 0 Å². The van der Waals surface area contributed by atoms with Crippen molar-refractivity contribution in [3.8, 4) is 11.5 Å². The zero-order valence-corrected chi connectivity index (χ0v) is 12.1. The van der Waals surface area contributed by atoms with E-state index in [-0.39, 0.29) is 0 Å². The average Bonchev–Trinajstić information content (AvgIpc) is 2.73. The van der Waals surface area contributed by atoms with Gasteiger partial charge in [-0.15, -0.1) is 0 Å². The molecule has 0 atom stereocenters. The topological polar surface area (TPSA) is 62.3 Å². The van der Waals surface area contributed by atoms with E-state index in [1.165, 1.54) is 0 Å². The lowest BCUT2D eigenvalue weighted by Gasteiger charge is -2.18. The number of nitrogens with zero attached hydrogens (tertiary/aromatic N) is 2. The van der Waals surface area contributed by atoms with Gasteiger partial charge in [-0.2, -0.15) is 0 Å². The SMILES string of the molecule is CC(C)Cc1nc2cc3c(cc2n1CCN)OCCO3. The first-order chi connectivity index (χ1) is 9.69. The molecule has 20 heavy (non-hydrogen) atoms. The van der Waals surface area contributed by atoms with Crippen molar-refractivity contribution in [1.82, 2.24) is 9.55 Å². The zero-order valence-electron chi connectivity index (χ0n) is 12.1. The van der Waals surface area contributed by atoms with Crippen LogP contribution < -0.4 is 15.2 Å². The Morgan fingerprint density at radius 1 is 1.25 bits per heavy atom. The number of rotatable bonds is 4. The highest BCUT2D eigenvalue weighted by molar-refractivity contribution is 5.80. The molecular formula is C15H21N3O2. The van der Waals surface area contributed by atoms with E-state index in [2.05, 4.69) is 18.4 Å². The summed E-state index contributed by atoms with van der Waals surface area (Å²) in [7, 11) is 0. The summed E-state index contributed by atoms with van der Waals surface area (Å²) in [6.07, 6.45) is 0.945. The van der Waals surface area contributed by atoms with Gasteiger partial charge in [0.15, 0.2) is 11.5 Å². The summed E-state index contributed by atoms with van der Waals surface area (Å²) >= 11 is 0. The number of hydrogen-bond acceptors (Lipinski definition) is 4. The predicted octanol–water partition coefficient (Wildman–Crippen LogP) is 1.96. The minimum atomic E-state index is 0.561. The second-order valence-corrected chi connectivity index (χ2v) is 5.55. The standard InChI is InChI=1S/C15H21N3O2/c1-10(2)7-15-17-11-8-13-14(20-6-5-19-13)9-12(11)18(15)4-3-16/h8-10H,3-7,16H2,1-2H3. The van der Waals surface area contributed by atoms with Gasteiger partial charge in [0.05, 0.1) is 11.0 Å². The van der Waals surface area contributed by atoms with Crippen LogP contribution in [0.4, 0.5) is 0 Å². The van der Waals surface area contributed by atoms with Gasteiger partial charge in [-0.1, -0.05) is 13.8 Å². The van der Waals surface area contributed by atoms with Gasteiger partial charge in [-0.25, -0.2) is 4.98 Å². The normalized spacial score (nSPS) is 14.2. The van der Waals surface area contributed by atoms with Gasteiger partial charge in [0.2, 0.25) is 0 Å². The van der Waals surface area contributed by atoms with Gasteiger partial charge in [0.1, 0.15) is 19.0 Å². The predicted molar refractivity (Wildman–Crippen MR) is 78.3 cm³/mol. The van der Waals surface area contributed by atoms with Crippen molar-refractivity contribution in [3.05, 3.63) is 18.0 Å². The fourth-order valence-electron chi connectivity index (χ4n) is 2.61. The van der Waals surface area contributed by atoms with Crippen molar-refractivity contribution in [2.45, 2.75) is 26.8 Å². The van der Waals surface area contributed by atoms with Crippen LogP contribution in [-0.4, -0.2) is 29.3 Å². The van der Waals surface area contributed by atoms with E-state index in [0.717, 1.165) is 41.3 Å². The van der Waals surface area contributed by atoms with Crippen LogP contribution in [0.25, 0.3) is 11.0 Å². The number of nitrogens with two attached hydrogens (primary N) is 1. The lowest BCUT2D eigenvalue weighted by molar-refractivity contribution is 0.172. The third kappa shape index (κ3) is 2.33. The van der Waals surface area contributed by atoms with Gasteiger partial charge < -0.3 is 19.8 Å². The summed E-state index contributed by atoms with van der Waals surface area (Å²) < 4.78 is 13.5. The largest absolute Gasteiger partial charge is 0.486 e. The van der Waals surface area contributed by atoms with Gasteiger partial charge in [0.25, 0.3) is 0 Å². The lowest BCUT2D eigenvalue weighted by Crippen LogP contribution is -2.16. The zero-order chi connectivity index (χ0) is 14.1. The van der Waals surface area contributed by atoms with Crippen LogP contribution in [0.5, 0.6) is 11.5 Å². The van der Waals surface area contributed by atoms with Crippen LogP contribution in [0.2, 0.25) is 0 Å². The monoisotopic (exact) mass is 275 g/mol. The Bertz CT molecular complexity index is 619. The minimum Gasteiger partial charge on any atom is -0.486 e. The number of ether oxygens (including phenoxy) is 2. The van der Waals surface area contributed by atoms with Crippen LogP contribution in [0, 0.1) is 5.92 Å². The van der Waals surface area contributed by atoms with E-state index in [4.69, 9.17) is 20.2 Å².